The van der Waals surface area contributed by atoms with Crippen molar-refractivity contribution < 1.29 is 9.50 Å². The zero-order valence-corrected chi connectivity index (χ0v) is 7.81. The molecular weight excluding hydrogens is 193 g/mol. The van der Waals surface area contributed by atoms with Crippen LogP contribution in [0.5, 0.6) is 0 Å². The zero-order chi connectivity index (χ0) is 9.68. The molecule has 0 spiro atoms. The van der Waals surface area contributed by atoms with E-state index in [0.717, 1.165) is 0 Å². The molecule has 72 valence electrons. The van der Waals surface area contributed by atoms with Crippen LogP contribution in [-0.2, 0) is 6.54 Å². The maximum absolute atomic E-state index is 13.2. The topological polar surface area (TPSA) is 32.3 Å². The second-order valence-corrected chi connectivity index (χ2v) is 3.02. The fourth-order valence-corrected chi connectivity index (χ4v) is 1.18. The van der Waals surface area contributed by atoms with Crippen molar-refractivity contribution in [1.29, 1.82) is 0 Å². The number of aliphatic hydroxyl groups is 1. The van der Waals surface area contributed by atoms with Crippen molar-refractivity contribution in [3.63, 3.8) is 0 Å². The Labute approximate surface area is 81.3 Å². The summed E-state index contributed by atoms with van der Waals surface area (Å²) in [4.78, 5) is 0. The summed E-state index contributed by atoms with van der Waals surface area (Å²) in [5.41, 5.74) is 0.515. The van der Waals surface area contributed by atoms with Gasteiger partial charge in [0, 0.05) is 18.7 Å². The number of hydrogen-bond donors (Lipinski definition) is 2. The van der Waals surface area contributed by atoms with E-state index in [1.165, 1.54) is 6.07 Å². The van der Waals surface area contributed by atoms with Crippen LogP contribution >= 0.6 is 11.6 Å². The minimum atomic E-state index is -0.394. The molecule has 13 heavy (non-hydrogen) atoms. The number of halogens is 2. The van der Waals surface area contributed by atoms with Crippen molar-refractivity contribution in [2.75, 3.05) is 13.2 Å². The van der Waals surface area contributed by atoms with Crippen LogP contribution in [0.3, 0.4) is 0 Å². The van der Waals surface area contributed by atoms with E-state index in [9.17, 15) is 4.39 Å². The molecule has 2 N–H and O–H groups in total. The Hall–Kier alpha value is -0.640. The van der Waals surface area contributed by atoms with Crippen molar-refractivity contribution in [2.45, 2.75) is 6.54 Å². The third-order valence-corrected chi connectivity index (χ3v) is 1.93. The van der Waals surface area contributed by atoms with Gasteiger partial charge >= 0.3 is 0 Å². The Morgan fingerprint density at radius 1 is 1.46 bits per heavy atom. The molecule has 0 saturated carbocycles. The quantitative estimate of drug-likeness (QED) is 0.728. The van der Waals surface area contributed by atoms with E-state index >= 15 is 0 Å². The standard InChI is InChI=1S/C9H11ClFNO/c10-8-3-1-2-7(9(8)11)6-12-4-5-13/h1-3,12-13H,4-6H2. The van der Waals surface area contributed by atoms with E-state index in [-0.39, 0.29) is 11.6 Å². The van der Waals surface area contributed by atoms with Gasteiger partial charge in [-0.15, -0.1) is 0 Å². The normalized spacial score (nSPS) is 10.4. The molecule has 0 bridgehead atoms. The van der Waals surface area contributed by atoms with Crippen molar-refractivity contribution >= 4 is 11.6 Å². The third kappa shape index (κ3) is 2.95. The van der Waals surface area contributed by atoms with Gasteiger partial charge in [-0.3, -0.25) is 0 Å². The minimum Gasteiger partial charge on any atom is -0.395 e. The first-order valence-electron chi connectivity index (χ1n) is 4.00. The van der Waals surface area contributed by atoms with Gasteiger partial charge in [0.2, 0.25) is 0 Å². The summed E-state index contributed by atoms with van der Waals surface area (Å²) in [5, 5.41) is 11.5. The van der Waals surface area contributed by atoms with Crippen LogP contribution in [0.1, 0.15) is 5.56 Å². The van der Waals surface area contributed by atoms with Crippen LogP contribution in [0.2, 0.25) is 5.02 Å². The molecule has 1 aromatic rings. The van der Waals surface area contributed by atoms with Crippen molar-refractivity contribution in [3.8, 4) is 0 Å². The van der Waals surface area contributed by atoms with E-state index in [0.29, 0.717) is 18.7 Å². The molecule has 1 aromatic carbocycles. The Bertz CT molecular complexity index is 280. The monoisotopic (exact) mass is 203 g/mol. The summed E-state index contributed by atoms with van der Waals surface area (Å²) in [5.74, 6) is -0.394. The number of rotatable bonds is 4. The zero-order valence-electron chi connectivity index (χ0n) is 7.06. The van der Waals surface area contributed by atoms with Gasteiger partial charge in [0.1, 0.15) is 5.82 Å². The molecule has 0 amide bonds. The molecule has 1 rings (SSSR count). The van der Waals surface area contributed by atoms with Crippen LogP contribution < -0.4 is 5.32 Å². The van der Waals surface area contributed by atoms with Gasteiger partial charge in [0.25, 0.3) is 0 Å². The Morgan fingerprint density at radius 3 is 2.92 bits per heavy atom. The highest BCUT2D eigenvalue weighted by Gasteiger charge is 2.04. The molecule has 0 saturated heterocycles. The molecule has 0 unspecified atom stereocenters. The van der Waals surface area contributed by atoms with Crippen molar-refractivity contribution in [2.24, 2.45) is 0 Å². The summed E-state index contributed by atoms with van der Waals surface area (Å²) in [6, 6.07) is 4.86. The first-order chi connectivity index (χ1) is 6.25. The molecule has 0 atom stereocenters. The van der Waals surface area contributed by atoms with Crippen LogP contribution in [-0.4, -0.2) is 18.3 Å². The summed E-state index contributed by atoms with van der Waals surface area (Å²) >= 11 is 5.57. The third-order valence-electron chi connectivity index (χ3n) is 1.64. The predicted octanol–water partition coefficient (Wildman–Crippen LogP) is 1.56. The maximum Gasteiger partial charge on any atom is 0.146 e. The van der Waals surface area contributed by atoms with E-state index in [2.05, 4.69) is 5.32 Å². The average Bonchev–Trinajstić information content (AvgIpc) is 2.13. The van der Waals surface area contributed by atoms with Crippen LogP contribution in [0.15, 0.2) is 18.2 Å². The highest BCUT2D eigenvalue weighted by molar-refractivity contribution is 6.30. The van der Waals surface area contributed by atoms with Gasteiger partial charge in [0.05, 0.1) is 11.6 Å². The highest BCUT2D eigenvalue weighted by atomic mass is 35.5. The molecule has 0 aliphatic rings. The van der Waals surface area contributed by atoms with Gasteiger partial charge in [-0.25, -0.2) is 4.39 Å². The molecule has 0 aliphatic heterocycles. The lowest BCUT2D eigenvalue weighted by Crippen LogP contribution is -2.18. The molecule has 4 heteroatoms. The predicted molar refractivity (Wildman–Crippen MR) is 50.2 cm³/mol. The van der Waals surface area contributed by atoms with Crippen LogP contribution in [0.4, 0.5) is 4.39 Å². The summed E-state index contributed by atoms with van der Waals surface area (Å²) in [6.45, 7) is 0.876. The first kappa shape index (κ1) is 10.4. The summed E-state index contributed by atoms with van der Waals surface area (Å²) < 4.78 is 13.2. The molecule has 0 radical (unpaired) electrons. The molecule has 0 fully saturated rings. The number of nitrogens with one attached hydrogen (secondary N) is 1. The lowest BCUT2D eigenvalue weighted by molar-refractivity contribution is 0.291. The van der Waals surface area contributed by atoms with Gasteiger partial charge in [-0.05, 0) is 6.07 Å². The van der Waals surface area contributed by atoms with Gasteiger partial charge in [0.15, 0.2) is 0 Å². The second kappa shape index (κ2) is 5.17. The van der Waals surface area contributed by atoms with E-state index in [1.54, 1.807) is 12.1 Å². The average molecular weight is 204 g/mol. The van der Waals surface area contributed by atoms with Crippen molar-refractivity contribution in [1.82, 2.24) is 5.32 Å². The van der Waals surface area contributed by atoms with Crippen LogP contribution in [0, 0.1) is 5.82 Å². The van der Waals surface area contributed by atoms with Gasteiger partial charge < -0.3 is 10.4 Å². The van der Waals surface area contributed by atoms with E-state index in [4.69, 9.17) is 16.7 Å². The number of benzene rings is 1. The SMILES string of the molecule is OCCNCc1cccc(Cl)c1F. The Morgan fingerprint density at radius 2 is 2.23 bits per heavy atom. The van der Waals surface area contributed by atoms with Crippen molar-refractivity contribution in [3.05, 3.63) is 34.6 Å². The fourth-order valence-electron chi connectivity index (χ4n) is 0.987. The summed E-state index contributed by atoms with van der Waals surface area (Å²) in [7, 11) is 0. The minimum absolute atomic E-state index is 0.0438. The van der Waals surface area contributed by atoms with E-state index in [1.807, 2.05) is 0 Å². The van der Waals surface area contributed by atoms with Gasteiger partial charge in [-0.2, -0.15) is 0 Å². The maximum atomic E-state index is 13.2. The summed E-state index contributed by atoms with van der Waals surface area (Å²) in [6.07, 6.45) is 0. The molecule has 0 aliphatic carbocycles. The Kier molecular flexibility index (Phi) is 4.15. The Balaban J connectivity index is 2.61. The van der Waals surface area contributed by atoms with Gasteiger partial charge in [-0.1, -0.05) is 23.7 Å². The number of aliphatic hydroxyl groups excluding tert-OH is 1. The van der Waals surface area contributed by atoms with E-state index < -0.39 is 5.82 Å². The lowest BCUT2D eigenvalue weighted by atomic mass is 10.2. The molecule has 2 nitrogen and oxygen atoms in total. The molecule has 0 aromatic heterocycles. The largest absolute Gasteiger partial charge is 0.395 e. The smallest absolute Gasteiger partial charge is 0.146 e. The second-order valence-electron chi connectivity index (χ2n) is 2.61. The molecular formula is C9H11ClFNO. The molecule has 0 heterocycles. The first-order valence-corrected chi connectivity index (χ1v) is 4.38. The number of hydrogen-bond acceptors (Lipinski definition) is 2. The fraction of sp³-hybridized carbons (Fsp3) is 0.333. The van der Waals surface area contributed by atoms with Crippen LogP contribution in [0.25, 0.3) is 0 Å². The highest BCUT2D eigenvalue weighted by Crippen LogP contribution is 2.17. The lowest BCUT2D eigenvalue weighted by Gasteiger charge is -2.04.